The van der Waals surface area contributed by atoms with Crippen molar-refractivity contribution < 1.29 is 22.4 Å². The molecule has 3 aromatic heterocycles. The molecule has 0 aliphatic rings. The normalized spacial score (nSPS) is 11.8. The van der Waals surface area contributed by atoms with Gasteiger partial charge in [0.1, 0.15) is 17.0 Å². The minimum Gasteiger partial charge on any atom is -0.497 e. The second kappa shape index (κ2) is 8.55. The summed E-state index contributed by atoms with van der Waals surface area (Å²) in [7, 11) is 1.51. The summed E-state index contributed by atoms with van der Waals surface area (Å²) in [5.41, 5.74) is -0.774. The van der Waals surface area contributed by atoms with Crippen molar-refractivity contribution in [3.8, 4) is 22.8 Å². The van der Waals surface area contributed by atoms with E-state index in [4.69, 9.17) is 9.26 Å². The van der Waals surface area contributed by atoms with Gasteiger partial charge in [0.05, 0.1) is 23.9 Å². The van der Waals surface area contributed by atoms with Crippen LogP contribution in [0.4, 0.5) is 13.2 Å². The fourth-order valence-electron chi connectivity index (χ4n) is 3.58. The van der Waals surface area contributed by atoms with Gasteiger partial charge in [-0.05, 0) is 47.8 Å². The largest absolute Gasteiger partial charge is 0.497 e. The van der Waals surface area contributed by atoms with Crippen LogP contribution in [0.2, 0.25) is 0 Å². The fraction of sp³-hybridized carbons (Fsp3) is 0.130. The van der Waals surface area contributed by atoms with E-state index in [2.05, 4.69) is 10.1 Å². The summed E-state index contributed by atoms with van der Waals surface area (Å²) in [5, 5.41) is 5.52. The topological polar surface area (TPSA) is 92.2 Å². The second-order valence-electron chi connectivity index (χ2n) is 7.43. The molecule has 0 aliphatic carbocycles. The molecule has 0 atom stereocenters. The average Bonchev–Trinajstić information content (AvgIpc) is 3.52. The van der Waals surface area contributed by atoms with Crippen LogP contribution in [0.3, 0.4) is 0 Å². The number of benzene rings is 2. The summed E-state index contributed by atoms with van der Waals surface area (Å²) in [6.07, 6.45) is -4.46. The van der Waals surface area contributed by atoms with E-state index in [0.29, 0.717) is 27.2 Å². The lowest BCUT2D eigenvalue weighted by molar-refractivity contribution is -0.137. The summed E-state index contributed by atoms with van der Waals surface area (Å²) >= 11 is 1.19. The number of hydrogen-bond acceptors (Lipinski definition) is 7. The molecule has 0 N–H and O–H groups in total. The standard InChI is InChI=1S/C23H15F3N4O4S/c1-33-16-8-6-15(7-9-16)30-21(31)19-17(10-11-35-19)29(22(30)32)12-18-27-20(28-34-18)13-2-4-14(5-3-13)23(24,25)26/h2-11H,12H2,1H3. The molecular formula is C23H15F3N4O4S. The lowest BCUT2D eigenvalue weighted by Crippen LogP contribution is -2.38. The molecule has 35 heavy (non-hydrogen) atoms. The van der Waals surface area contributed by atoms with E-state index in [0.717, 1.165) is 16.7 Å². The zero-order valence-electron chi connectivity index (χ0n) is 17.9. The van der Waals surface area contributed by atoms with Crippen molar-refractivity contribution in [1.29, 1.82) is 0 Å². The Kier molecular flexibility index (Phi) is 5.52. The maximum Gasteiger partial charge on any atom is 0.416 e. The Balaban J connectivity index is 1.54. The Morgan fingerprint density at radius 1 is 1.03 bits per heavy atom. The molecule has 0 saturated heterocycles. The second-order valence-corrected chi connectivity index (χ2v) is 8.35. The number of fused-ring (bicyclic) bond motifs is 1. The van der Waals surface area contributed by atoms with Crippen LogP contribution in [-0.2, 0) is 12.7 Å². The van der Waals surface area contributed by atoms with E-state index in [1.165, 1.54) is 35.1 Å². The van der Waals surface area contributed by atoms with E-state index in [1.54, 1.807) is 35.7 Å². The molecule has 0 spiro atoms. The minimum atomic E-state index is -4.46. The van der Waals surface area contributed by atoms with Crippen molar-refractivity contribution >= 4 is 21.6 Å². The molecule has 5 aromatic rings. The van der Waals surface area contributed by atoms with Crippen LogP contribution >= 0.6 is 11.3 Å². The molecule has 8 nitrogen and oxygen atoms in total. The van der Waals surface area contributed by atoms with E-state index < -0.39 is 23.0 Å². The molecular weight excluding hydrogens is 485 g/mol. The number of rotatable bonds is 5. The quantitative estimate of drug-likeness (QED) is 0.357. The first-order chi connectivity index (χ1) is 16.8. The van der Waals surface area contributed by atoms with Crippen molar-refractivity contribution in [3.63, 3.8) is 0 Å². The predicted molar refractivity (Wildman–Crippen MR) is 122 cm³/mol. The maximum absolute atomic E-state index is 13.4. The van der Waals surface area contributed by atoms with E-state index >= 15 is 0 Å². The number of methoxy groups -OCH3 is 1. The number of hydrogen-bond donors (Lipinski definition) is 0. The van der Waals surface area contributed by atoms with Gasteiger partial charge in [0.25, 0.3) is 5.56 Å². The van der Waals surface area contributed by atoms with Crippen molar-refractivity contribution in [1.82, 2.24) is 19.3 Å². The Labute approximate surface area is 198 Å². The smallest absolute Gasteiger partial charge is 0.416 e. The van der Waals surface area contributed by atoms with Gasteiger partial charge in [0.15, 0.2) is 0 Å². The molecule has 0 unspecified atom stereocenters. The first-order valence-electron chi connectivity index (χ1n) is 10.1. The Hall–Kier alpha value is -4.19. The average molecular weight is 500 g/mol. The van der Waals surface area contributed by atoms with Crippen LogP contribution in [0, 0.1) is 0 Å². The third kappa shape index (κ3) is 4.12. The Bertz CT molecular complexity index is 1630. The maximum atomic E-state index is 13.4. The molecule has 0 saturated carbocycles. The monoisotopic (exact) mass is 500 g/mol. The molecule has 0 fully saturated rings. The third-order valence-corrected chi connectivity index (χ3v) is 6.21. The van der Waals surface area contributed by atoms with E-state index in [9.17, 15) is 22.8 Å². The van der Waals surface area contributed by atoms with Crippen LogP contribution in [0.1, 0.15) is 11.5 Å². The molecule has 178 valence electrons. The molecule has 0 radical (unpaired) electrons. The number of halogens is 3. The van der Waals surface area contributed by atoms with Crippen LogP contribution in [0.25, 0.3) is 27.3 Å². The molecule has 3 heterocycles. The Morgan fingerprint density at radius 3 is 2.40 bits per heavy atom. The molecule has 12 heteroatoms. The van der Waals surface area contributed by atoms with Gasteiger partial charge in [0, 0.05) is 5.56 Å². The molecule has 0 amide bonds. The SMILES string of the molecule is COc1ccc(-n2c(=O)c3sccc3n(Cc3nc(-c4ccc(C(F)(F)F)cc4)no3)c2=O)cc1. The van der Waals surface area contributed by atoms with Crippen LogP contribution in [-0.4, -0.2) is 26.4 Å². The molecule has 2 aromatic carbocycles. The molecule has 5 rings (SSSR count). The fourth-order valence-corrected chi connectivity index (χ4v) is 4.40. The zero-order chi connectivity index (χ0) is 24.7. The van der Waals surface area contributed by atoms with Gasteiger partial charge in [-0.3, -0.25) is 9.36 Å². The minimum absolute atomic E-state index is 0.0504. The highest BCUT2D eigenvalue weighted by molar-refractivity contribution is 7.17. The van der Waals surface area contributed by atoms with Crippen molar-refractivity contribution in [2.24, 2.45) is 0 Å². The number of thiophene rings is 1. The van der Waals surface area contributed by atoms with Crippen LogP contribution in [0.15, 0.2) is 74.1 Å². The van der Waals surface area contributed by atoms with Crippen molar-refractivity contribution in [2.45, 2.75) is 12.7 Å². The molecule has 0 aliphatic heterocycles. The van der Waals surface area contributed by atoms with E-state index in [1.807, 2.05) is 0 Å². The van der Waals surface area contributed by atoms with Gasteiger partial charge >= 0.3 is 11.9 Å². The first kappa shape index (κ1) is 22.6. The summed E-state index contributed by atoms with van der Waals surface area (Å²) in [5.74, 6) is 0.697. The summed E-state index contributed by atoms with van der Waals surface area (Å²) in [4.78, 5) is 30.7. The van der Waals surface area contributed by atoms with Gasteiger partial charge in [-0.1, -0.05) is 17.3 Å². The predicted octanol–water partition coefficient (Wildman–Crippen LogP) is 4.34. The third-order valence-electron chi connectivity index (χ3n) is 5.32. The van der Waals surface area contributed by atoms with Gasteiger partial charge in [-0.2, -0.15) is 18.2 Å². The van der Waals surface area contributed by atoms with Gasteiger partial charge in [-0.25, -0.2) is 9.36 Å². The van der Waals surface area contributed by atoms with Gasteiger partial charge in [0.2, 0.25) is 11.7 Å². The van der Waals surface area contributed by atoms with Crippen molar-refractivity contribution in [3.05, 3.63) is 92.3 Å². The number of alkyl halides is 3. The van der Waals surface area contributed by atoms with Crippen LogP contribution < -0.4 is 16.0 Å². The Morgan fingerprint density at radius 2 is 1.74 bits per heavy atom. The van der Waals surface area contributed by atoms with E-state index in [-0.39, 0.29) is 18.3 Å². The number of aromatic nitrogens is 4. The summed E-state index contributed by atoms with van der Waals surface area (Å²) in [6.45, 7) is -0.143. The zero-order valence-corrected chi connectivity index (χ0v) is 18.8. The van der Waals surface area contributed by atoms with Gasteiger partial charge in [-0.15, -0.1) is 11.3 Å². The lowest BCUT2D eigenvalue weighted by atomic mass is 10.1. The summed E-state index contributed by atoms with van der Waals surface area (Å²) in [6, 6.07) is 12.5. The lowest BCUT2D eigenvalue weighted by Gasteiger charge is -2.11. The molecule has 0 bridgehead atoms. The van der Waals surface area contributed by atoms with Crippen LogP contribution in [0.5, 0.6) is 5.75 Å². The number of nitrogens with zero attached hydrogens (tertiary/aromatic N) is 4. The highest BCUT2D eigenvalue weighted by atomic mass is 32.1. The first-order valence-corrected chi connectivity index (χ1v) is 11.0. The highest BCUT2D eigenvalue weighted by Crippen LogP contribution is 2.30. The summed E-state index contributed by atoms with van der Waals surface area (Å²) < 4.78 is 51.6. The van der Waals surface area contributed by atoms with Crippen molar-refractivity contribution in [2.75, 3.05) is 7.11 Å². The highest BCUT2D eigenvalue weighted by Gasteiger charge is 2.30. The number of ether oxygens (including phenoxy) is 1. The van der Waals surface area contributed by atoms with Gasteiger partial charge < -0.3 is 9.26 Å².